The van der Waals surface area contributed by atoms with E-state index in [0.29, 0.717) is 19.0 Å². The smallest absolute Gasteiger partial charge is 0.410 e. The molecule has 2 rings (SSSR count). The number of ether oxygens (including phenoxy) is 1. The van der Waals surface area contributed by atoms with E-state index in [4.69, 9.17) is 4.74 Å². The molecule has 1 heterocycles. The fourth-order valence-electron chi connectivity index (χ4n) is 4.11. The molecule has 2 amide bonds. The SMILES string of the molecule is CN=C(NCC(C)CN(C)C(=O)OC(C)(C)C)NC1CCN(C(=O)C2CCCC2)C1.I. The molecule has 1 aliphatic carbocycles. The van der Waals surface area contributed by atoms with E-state index in [1.165, 1.54) is 12.8 Å². The zero-order valence-corrected chi connectivity index (χ0v) is 22.4. The van der Waals surface area contributed by atoms with Gasteiger partial charge < -0.3 is 25.2 Å². The van der Waals surface area contributed by atoms with Crippen molar-refractivity contribution in [1.29, 1.82) is 0 Å². The Kier molecular flexibility index (Phi) is 11.4. The van der Waals surface area contributed by atoms with Crippen LogP contribution in [0.3, 0.4) is 0 Å². The molecular formula is C22H42IN5O3. The number of likely N-dealkylation sites (tertiary alicyclic amines) is 1. The highest BCUT2D eigenvalue weighted by Crippen LogP contribution is 2.27. The highest BCUT2D eigenvalue weighted by molar-refractivity contribution is 14.0. The average Bonchev–Trinajstić information content (AvgIpc) is 3.35. The zero-order chi connectivity index (χ0) is 22.3. The maximum atomic E-state index is 12.6. The van der Waals surface area contributed by atoms with Gasteiger partial charge in [-0.05, 0) is 46.0 Å². The topological polar surface area (TPSA) is 86.3 Å². The Balaban J connectivity index is 0.00000480. The minimum atomic E-state index is -0.493. The van der Waals surface area contributed by atoms with E-state index in [1.807, 2.05) is 25.7 Å². The summed E-state index contributed by atoms with van der Waals surface area (Å²) in [5.74, 6) is 1.54. The first kappa shape index (κ1) is 27.8. The van der Waals surface area contributed by atoms with E-state index in [2.05, 4.69) is 22.5 Å². The minimum absolute atomic E-state index is 0. The minimum Gasteiger partial charge on any atom is -0.444 e. The van der Waals surface area contributed by atoms with Crippen molar-refractivity contribution in [2.24, 2.45) is 16.8 Å². The average molecular weight is 552 g/mol. The molecule has 180 valence electrons. The number of hydrogen-bond acceptors (Lipinski definition) is 4. The van der Waals surface area contributed by atoms with Crippen molar-refractivity contribution in [2.45, 2.75) is 71.4 Å². The standard InChI is InChI=1S/C22H41N5O3.HI/c1-16(14-26(6)21(29)30-22(2,3)4)13-24-20(23-5)25-18-11-12-27(15-18)19(28)17-9-7-8-10-17;/h16-18H,7-15H2,1-6H3,(H2,23,24,25);1H. The van der Waals surface area contributed by atoms with Crippen molar-refractivity contribution in [2.75, 3.05) is 40.3 Å². The first-order valence-electron chi connectivity index (χ1n) is 11.3. The van der Waals surface area contributed by atoms with Crippen molar-refractivity contribution < 1.29 is 14.3 Å². The predicted octanol–water partition coefficient (Wildman–Crippen LogP) is 3.06. The summed E-state index contributed by atoms with van der Waals surface area (Å²) < 4.78 is 5.40. The van der Waals surface area contributed by atoms with Crippen molar-refractivity contribution in [3.05, 3.63) is 0 Å². The van der Waals surface area contributed by atoms with Crippen LogP contribution >= 0.6 is 24.0 Å². The Hall–Kier alpha value is -1.26. The van der Waals surface area contributed by atoms with E-state index in [1.54, 1.807) is 19.0 Å². The van der Waals surface area contributed by atoms with Gasteiger partial charge in [0.05, 0.1) is 0 Å². The molecule has 2 atom stereocenters. The highest BCUT2D eigenvalue weighted by atomic mass is 127. The Morgan fingerprint density at radius 3 is 2.45 bits per heavy atom. The van der Waals surface area contributed by atoms with Crippen LogP contribution < -0.4 is 10.6 Å². The van der Waals surface area contributed by atoms with Crippen LogP contribution in [0.5, 0.6) is 0 Å². The zero-order valence-electron chi connectivity index (χ0n) is 20.1. The van der Waals surface area contributed by atoms with Crippen LogP contribution in [0.1, 0.15) is 59.8 Å². The molecule has 2 N–H and O–H groups in total. The van der Waals surface area contributed by atoms with Crippen LogP contribution in [0.4, 0.5) is 4.79 Å². The summed E-state index contributed by atoms with van der Waals surface area (Å²) in [5.41, 5.74) is -0.493. The second-order valence-electron chi connectivity index (χ2n) is 9.81. The fraction of sp³-hybridized carbons (Fsp3) is 0.864. The normalized spacial score (nSPS) is 20.8. The lowest BCUT2D eigenvalue weighted by Crippen LogP contribution is -2.47. The van der Waals surface area contributed by atoms with E-state index in [9.17, 15) is 9.59 Å². The number of nitrogens with zero attached hydrogens (tertiary/aromatic N) is 3. The third-order valence-electron chi connectivity index (χ3n) is 5.68. The number of aliphatic imine (C=N–C) groups is 1. The predicted molar refractivity (Wildman–Crippen MR) is 135 cm³/mol. The van der Waals surface area contributed by atoms with Crippen LogP contribution in [-0.4, -0.2) is 79.7 Å². The monoisotopic (exact) mass is 551 g/mol. The summed E-state index contributed by atoms with van der Waals surface area (Å²) in [6, 6.07) is 0.223. The molecule has 0 bridgehead atoms. The summed E-state index contributed by atoms with van der Waals surface area (Å²) >= 11 is 0. The van der Waals surface area contributed by atoms with Gasteiger partial charge in [0.2, 0.25) is 5.91 Å². The van der Waals surface area contributed by atoms with Gasteiger partial charge in [-0.1, -0.05) is 19.8 Å². The number of amides is 2. The lowest BCUT2D eigenvalue weighted by Gasteiger charge is -2.27. The maximum Gasteiger partial charge on any atom is 0.410 e. The molecule has 0 aromatic carbocycles. The number of nitrogens with one attached hydrogen (secondary N) is 2. The molecule has 2 unspecified atom stereocenters. The molecular weight excluding hydrogens is 509 g/mol. The first-order valence-corrected chi connectivity index (χ1v) is 11.3. The number of hydrogen-bond donors (Lipinski definition) is 2. The van der Waals surface area contributed by atoms with Gasteiger partial charge in [-0.15, -0.1) is 24.0 Å². The Morgan fingerprint density at radius 1 is 1.23 bits per heavy atom. The Labute approximate surface area is 204 Å². The van der Waals surface area contributed by atoms with Gasteiger partial charge in [0.15, 0.2) is 5.96 Å². The molecule has 0 aromatic rings. The molecule has 2 fully saturated rings. The van der Waals surface area contributed by atoms with Crippen LogP contribution in [0.2, 0.25) is 0 Å². The molecule has 31 heavy (non-hydrogen) atoms. The summed E-state index contributed by atoms with van der Waals surface area (Å²) in [7, 11) is 3.51. The number of carbonyl (C=O) groups is 2. The van der Waals surface area contributed by atoms with Crippen molar-refractivity contribution >= 4 is 41.9 Å². The third kappa shape index (κ3) is 9.41. The number of halogens is 1. The van der Waals surface area contributed by atoms with Gasteiger partial charge in [0.1, 0.15) is 5.60 Å². The molecule has 1 saturated carbocycles. The lowest BCUT2D eigenvalue weighted by atomic mass is 10.1. The molecule has 0 aromatic heterocycles. The largest absolute Gasteiger partial charge is 0.444 e. The second kappa shape index (κ2) is 12.7. The van der Waals surface area contributed by atoms with Crippen LogP contribution in [-0.2, 0) is 9.53 Å². The number of guanidine groups is 1. The van der Waals surface area contributed by atoms with E-state index >= 15 is 0 Å². The van der Waals surface area contributed by atoms with Gasteiger partial charge in [-0.25, -0.2) is 4.79 Å². The Morgan fingerprint density at radius 2 is 1.87 bits per heavy atom. The van der Waals surface area contributed by atoms with Crippen LogP contribution in [0.15, 0.2) is 4.99 Å². The third-order valence-corrected chi connectivity index (χ3v) is 5.68. The van der Waals surface area contributed by atoms with Crippen molar-refractivity contribution in [3.8, 4) is 0 Å². The Bertz CT molecular complexity index is 617. The van der Waals surface area contributed by atoms with Crippen molar-refractivity contribution in [1.82, 2.24) is 20.4 Å². The highest BCUT2D eigenvalue weighted by Gasteiger charge is 2.32. The van der Waals surface area contributed by atoms with Gasteiger partial charge in [0, 0.05) is 52.2 Å². The van der Waals surface area contributed by atoms with Crippen LogP contribution in [0, 0.1) is 11.8 Å². The molecule has 0 radical (unpaired) electrons. The van der Waals surface area contributed by atoms with Gasteiger partial charge in [-0.2, -0.15) is 0 Å². The van der Waals surface area contributed by atoms with E-state index < -0.39 is 5.60 Å². The number of rotatable bonds is 6. The van der Waals surface area contributed by atoms with Gasteiger partial charge in [-0.3, -0.25) is 9.79 Å². The molecule has 9 heteroatoms. The fourth-order valence-corrected chi connectivity index (χ4v) is 4.11. The quantitative estimate of drug-likeness (QED) is 0.301. The molecule has 2 aliphatic rings. The first-order chi connectivity index (χ1) is 14.1. The molecule has 8 nitrogen and oxygen atoms in total. The molecule has 1 aliphatic heterocycles. The summed E-state index contributed by atoms with van der Waals surface area (Å²) in [6.07, 6.45) is 5.09. The van der Waals surface area contributed by atoms with Crippen LogP contribution in [0.25, 0.3) is 0 Å². The summed E-state index contributed by atoms with van der Waals surface area (Å²) in [4.78, 5) is 32.7. The summed E-state index contributed by atoms with van der Waals surface area (Å²) in [6.45, 7) is 10.5. The molecule has 0 spiro atoms. The number of carbonyl (C=O) groups excluding carboxylic acids is 2. The van der Waals surface area contributed by atoms with Gasteiger partial charge >= 0.3 is 6.09 Å². The van der Waals surface area contributed by atoms with E-state index in [0.717, 1.165) is 38.3 Å². The van der Waals surface area contributed by atoms with Crippen molar-refractivity contribution in [3.63, 3.8) is 0 Å². The lowest BCUT2D eigenvalue weighted by molar-refractivity contribution is -0.134. The summed E-state index contributed by atoms with van der Waals surface area (Å²) in [5, 5.41) is 6.79. The van der Waals surface area contributed by atoms with E-state index in [-0.39, 0.29) is 47.9 Å². The maximum absolute atomic E-state index is 12.6. The second-order valence-corrected chi connectivity index (χ2v) is 9.81. The van der Waals surface area contributed by atoms with Gasteiger partial charge in [0.25, 0.3) is 0 Å². The molecule has 1 saturated heterocycles.